The van der Waals surface area contributed by atoms with E-state index in [4.69, 9.17) is 0 Å². The van der Waals surface area contributed by atoms with Gasteiger partial charge in [0, 0.05) is 47.7 Å². The third-order valence-electron chi connectivity index (χ3n) is 6.41. The van der Waals surface area contributed by atoms with Gasteiger partial charge in [-0.3, -0.25) is 4.98 Å². The molecule has 0 bridgehead atoms. The molecule has 0 fully saturated rings. The van der Waals surface area contributed by atoms with Crippen LogP contribution in [0.4, 0.5) is 0 Å². The van der Waals surface area contributed by atoms with Crippen LogP contribution in [-0.4, -0.2) is 4.98 Å². The highest BCUT2D eigenvalue weighted by Crippen LogP contribution is 2.46. The maximum atomic E-state index is 4.51. The van der Waals surface area contributed by atoms with Gasteiger partial charge in [-0.2, -0.15) is 0 Å². The minimum atomic E-state index is 1.19. The molecule has 0 saturated carbocycles. The number of hydrogen-bond acceptors (Lipinski definition) is 3. The SMILES string of the molecule is c1ccc(-c2c3ccccc3c(Sc3ccc4sc5ccccc5c4c3)c3ccncc23)cc1. The number of nitrogens with zero attached hydrogens (tertiary/aromatic N) is 1. The molecular weight excluding hydrogens is 450 g/mol. The minimum Gasteiger partial charge on any atom is -0.264 e. The second kappa shape index (κ2) is 7.98. The first-order chi connectivity index (χ1) is 16.9. The first kappa shape index (κ1) is 19.8. The van der Waals surface area contributed by atoms with Gasteiger partial charge in [0.1, 0.15) is 0 Å². The zero-order chi connectivity index (χ0) is 22.5. The number of thiophene rings is 1. The molecule has 160 valence electrons. The van der Waals surface area contributed by atoms with Crippen molar-refractivity contribution in [3.63, 3.8) is 0 Å². The van der Waals surface area contributed by atoms with E-state index >= 15 is 0 Å². The van der Waals surface area contributed by atoms with Crippen molar-refractivity contribution < 1.29 is 0 Å². The van der Waals surface area contributed by atoms with E-state index in [9.17, 15) is 0 Å². The molecule has 7 aromatic rings. The van der Waals surface area contributed by atoms with Crippen molar-refractivity contribution in [1.29, 1.82) is 0 Å². The molecule has 2 aromatic heterocycles. The summed E-state index contributed by atoms with van der Waals surface area (Å²) in [5.41, 5.74) is 2.47. The van der Waals surface area contributed by atoms with Gasteiger partial charge >= 0.3 is 0 Å². The van der Waals surface area contributed by atoms with Gasteiger partial charge in [0.15, 0.2) is 0 Å². The van der Waals surface area contributed by atoms with Gasteiger partial charge in [0.25, 0.3) is 0 Å². The van der Waals surface area contributed by atoms with E-state index in [1.165, 1.54) is 62.6 Å². The lowest BCUT2D eigenvalue weighted by Gasteiger charge is -2.16. The van der Waals surface area contributed by atoms with Crippen molar-refractivity contribution in [3.8, 4) is 11.1 Å². The Balaban J connectivity index is 1.49. The highest BCUT2D eigenvalue weighted by molar-refractivity contribution is 7.99. The average molecular weight is 470 g/mol. The Hall–Kier alpha value is -3.66. The maximum Gasteiger partial charge on any atom is 0.0356 e. The van der Waals surface area contributed by atoms with Crippen LogP contribution < -0.4 is 0 Å². The average Bonchev–Trinajstić information content (AvgIpc) is 3.27. The van der Waals surface area contributed by atoms with Crippen LogP contribution in [0.15, 0.2) is 125 Å². The summed E-state index contributed by atoms with van der Waals surface area (Å²) in [5.74, 6) is 0. The van der Waals surface area contributed by atoms with Crippen LogP contribution in [0.3, 0.4) is 0 Å². The lowest BCUT2D eigenvalue weighted by molar-refractivity contribution is 1.36. The van der Waals surface area contributed by atoms with Gasteiger partial charge in [-0.15, -0.1) is 11.3 Å². The van der Waals surface area contributed by atoms with E-state index in [1.807, 2.05) is 35.5 Å². The maximum absolute atomic E-state index is 4.51. The first-order valence-electron chi connectivity index (χ1n) is 11.3. The Bertz CT molecular complexity index is 1780. The van der Waals surface area contributed by atoms with Crippen LogP contribution in [0.2, 0.25) is 0 Å². The summed E-state index contributed by atoms with van der Waals surface area (Å²) in [6.45, 7) is 0. The zero-order valence-electron chi connectivity index (χ0n) is 18.2. The number of aromatic nitrogens is 1. The fourth-order valence-electron chi connectivity index (χ4n) is 4.89. The van der Waals surface area contributed by atoms with Crippen molar-refractivity contribution >= 4 is 64.8 Å². The summed E-state index contributed by atoms with van der Waals surface area (Å²) >= 11 is 3.72. The molecule has 0 aliphatic rings. The van der Waals surface area contributed by atoms with Crippen LogP contribution in [0.25, 0.3) is 52.8 Å². The third-order valence-corrected chi connectivity index (χ3v) is 8.69. The van der Waals surface area contributed by atoms with Crippen LogP contribution in [0.1, 0.15) is 0 Å². The summed E-state index contributed by atoms with van der Waals surface area (Å²) in [5, 5.41) is 7.65. The largest absolute Gasteiger partial charge is 0.264 e. The molecule has 0 N–H and O–H groups in total. The topological polar surface area (TPSA) is 12.9 Å². The van der Waals surface area contributed by atoms with Gasteiger partial charge in [0.2, 0.25) is 0 Å². The van der Waals surface area contributed by atoms with Crippen molar-refractivity contribution in [2.75, 3.05) is 0 Å². The quantitative estimate of drug-likeness (QED) is 0.239. The molecule has 0 amide bonds. The second-order valence-electron chi connectivity index (χ2n) is 8.40. The summed E-state index contributed by atoms with van der Waals surface area (Å²) in [4.78, 5) is 7.05. The molecule has 2 heterocycles. The smallest absolute Gasteiger partial charge is 0.0356 e. The van der Waals surface area contributed by atoms with E-state index in [-0.39, 0.29) is 0 Å². The molecule has 0 atom stereocenters. The van der Waals surface area contributed by atoms with Gasteiger partial charge in [0.05, 0.1) is 0 Å². The Kier molecular flexibility index (Phi) is 4.64. The molecule has 34 heavy (non-hydrogen) atoms. The molecule has 0 radical (unpaired) electrons. The van der Waals surface area contributed by atoms with Crippen LogP contribution in [0.5, 0.6) is 0 Å². The predicted octanol–water partition coefficient (Wildman–Crippen LogP) is 9.57. The molecule has 7 rings (SSSR count). The van der Waals surface area contributed by atoms with Crippen LogP contribution in [-0.2, 0) is 0 Å². The Morgan fingerprint density at radius 1 is 0.559 bits per heavy atom. The Labute approximate surface area is 205 Å². The number of pyridine rings is 1. The summed E-state index contributed by atoms with van der Waals surface area (Å²) in [6.07, 6.45) is 3.93. The number of hydrogen-bond donors (Lipinski definition) is 0. The Morgan fingerprint density at radius 2 is 1.26 bits per heavy atom. The molecule has 3 heteroatoms. The van der Waals surface area contributed by atoms with Crippen LogP contribution >= 0.6 is 23.1 Å². The normalized spacial score (nSPS) is 11.6. The molecule has 0 aliphatic heterocycles. The highest BCUT2D eigenvalue weighted by atomic mass is 32.2. The van der Waals surface area contributed by atoms with Crippen molar-refractivity contribution in [2.45, 2.75) is 9.79 Å². The highest BCUT2D eigenvalue weighted by Gasteiger charge is 2.16. The van der Waals surface area contributed by atoms with E-state index in [0.29, 0.717) is 0 Å². The Morgan fingerprint density at radius 3 is 2.15 bits per heavy atom. The fourth-order valence-corrected chi connectivity index (χ4v) is 7.10. The standard InChI is InChI=1S/C31H19NS2/c1-2-8-20(9-3-1)30-23-11-4-5-12-24(23)31(25-16-17-32-19-27(25)30)33-21-14-15-29-26(18-21)22-10-6-7-13-28(22)34-29/h1-19H. The van der Waals surface area contributed by atoms with E-state index in [2.05, 4.69) is 108 Å². The summed E-state index contributed by atoms with van der Waals surface area (Å²) in [7, 11) is 0. The van der Waals surface area contributed by atoms with Crippen molar-refractivity contribution in [2.24, 2.45) is 0 Å². The molecule has 0 aliphatic carbocycles. The van der Waals surface area contributed by atoms with E-state index in [1.54, 1.807) is 0 Å². The second-order valence-corrected chi connectivity index (χ2v) is 10.6. The van der Waals surface area contributed by atoms with Crippen LogP contribution in [0, 0.1) is 0 Å². The number of fused-ring (bicyclic) bond motifs is 5. The summed E-state index contributed by atoms with van der Waals surface area (Å²) < 4.78 is 2.68. The molecule has 0 spiro atoms. The zero-order valence-corrected chi connectivity index (χ0v) is 19.9. The molecule has 1 nitrogen and oxygen atoms in total. The molecule has 5 aromatic carbocycles. The summed E-state index contributed by atoms with van der Waals surface area (Å²) in [6, 6.07) is 37.2. The first-order valence-corrected chi connectivity index (χ1v) is 12.9. The third kappa shape index (κ3) is 3.12. The van der Waals surface area contributed by atoms with E-state index < -0.39 is 0 Å². The molecule has 0 saturated heterocycles. The lowest BCUT2D eigenvalue weighted by atomic mass is 9.93. The molecular formula is C31H19NS2. The van der Waals surface area contributed by atoms with Gasteiger partial charge in [-0.05, 0) is 57.6 Å². The number of rotatable bonds is 3. The fraction of sp³-hybridized carbons (Fsp3) is 0. The number of benzene rings is 5. The van der Waals surface area contributed by atoms with Crippen molar-refractivity contribution in [1.82, 2.24) is 4.98 Å². The van der Waals surface area contributed by atoms with Crippen molar-refractivity contribution in [3.05, 3.63) is 116 Å². The molecule has 0 unspecified atom stereocenters. The van der Waals surface area contributed by atoms with Gasteiger partial charge < -0.3 is 0 Å². The monoisotopic (exact) mass is 469 g/mol. The van der Waals surface area contributed by atoms with Gasteiger partial charge in [-0.1, -0.05) is 84.6 Å². The predicted molar refractivity (Wildman–Crippen MR) is 148 cm³/mol. The minimum absolute atomic E-state index is 1.19. The lowest BCUT2D eigenvalue weighted by Crippen LogP contribution is -1.90. The van der Waals surface area contributed by atoms with Gasteiger partial charge in [-0.25, -0.2) is 0 Å². The van der Waals surface area contributed by atoms with E-state index in [0.717, 1.165) is 0 Å².